The number of ketones is 7. The van der Waals surface area contributed by atoms with E-state index in [2.05, 4.69) is 111 Å². The van der Waals surface area contributed by atoms with Crippen LogP contribution in [-0.4, -0.2) is 153 Å². The van der Waals surface area contributed by atoms with Crippen LogP contribution in [0.2, 0.25) is 0 Å². The van der Waals surface area contributed by atoms with Gasteiger partial charge in [-0.15, -0.1) is 0 Å². The van der Waals surface area contributed by atoms with Crippen molar-refractivity contribution in [1.82, 2.24) is 18.3 Å². The summed E-state index contributed by atoms with van der Waals surface area (Å²) in [6.45, 7) is 29.4. The number of carbonyl (C=O) groups is 14. The molecule has 3 N–H and O–H groups in total. The van der Waals surface area contributed by atoms with E-state index in [0.717, 1.165) is 119 Å². The average molecular weight is 1940 g/mol. The fourth-order valence-corrected chi connectivity index (χ4v) is 15.0. The number of rotatable bonds is 36. The molecule has 0 fully saturated rings. The number of aromatic nitrogens is 4. The number of unbranched alkanes of at least 4 members (excludes halogenated alkanes) is 3. The first-order chi connectivity index (χ1) is 61.4. The fraction of sp³-hybridized carbons (Fsp3) is 0.404. The molecule has 0 spiro atoms. The molecule has 4 aromatic heterocycles. The number of hydrogen-bond donors (Lipinski definition) is 3. The van der Waals surface area contributed by atoms with Crippen LogP contribution in [0.4, 0.5) is 0 Å². The third kappa shape index (κ3) is 29.6. The van der Waals surface area contributed by atoms with E-state index in [0.29, 0.717) is 53.4 Å². The minimum atomic E-state index is -1.56. The molecule has 708 valence electrons. The quantitative estimate of drug-likeness (QED) is 0.00624. The van der Waals surface area contributed by atoms with Crippen LogP contribution in [0.15, 0.2) is 158 Å². The summed E-state index contributed by atoms with van der Waals surface area (Å²) in [5, 5.41) is 32.3. The molecule has 0 aliphatic carbocycles. The van der Waals surface area contributed by atoms with Crippen molar-refractivity contribution in [3.05, 3.63) is 191 Å². The van der Waals surface area contributed by atoms with Gasteiger partial charge in [-0.2, -0.15) is 0 Å². The third-order valence-electron chi connectivity index (χ3n) is 21.9. The molecule has 0 saturated heterocycles. The summed E-state index contributed by atoms with van der Waals surface area (Å²) >= 11 is 6.65. The highest BCUT2D eigenvalue weighted by molar-refractivity contribution is 14.1. The lowest BCUT2D eigenvalue weighted by Crippen LogP contribution is -2.21. The molecule has 0 radical (unpaired) electrons. The minimum Gasteiger partial charge on any atom is -0.475 e. The molecule has 8 aromatic carbocycles. The molecule has 12 rings (SSSR count). The number of carbonyl (C=O) groups excluding carboxylic acids is 12. The molecule has 131 heavy (non-hydrogen) atoms. The van der Waals surface area contributed by atoms with Gasteiger partial charge in [-0.05, 0) is 216 Å². The van der Waals surface area contributed by atoms with E-state index in [1.807, 2.05) is 64.6 Å². The summed E-state index contributed by atoms with van der Waals surface area (Å²) in [6.07, 6.45) is 12.8. The molecule has 0 aliphatic rings. The van der Waals surface area contributed by atoms with Gasteiger partial charge in [0.05, 0.1) is 26.4 Å². The number of aliphatic hydroxyl groups is 1. The summed E-state index contributed by atoms with van der Waals surface area (Å²) < 4.78 is 34.4. The summed E-state index contributed by atoms with van der Waals surface area (Å²) in [5.74, 6) is -10.9. The van der Waals surface area contributed by atoms with E-state index in [1.54, 1.807) is 86.6 Å². The summed E-state index contributed by atoms with van der Waals surface area (Å²) in [5.41, 5.74) is 8.71. The van der Waals surface area contributed by atoms with Crippen molar-refractivity contribution in [2.75, 3.05) is 37.9 Å². The van der Waals surface area contributed by atoms with Gasteiger partial charge in [-0.3, -0.25) is 38.4 Å². The van der Waals surface area contributed by atoms with Crippen LogP contribution in [0.1, 0.15) is 260 Å². The Labute approximate surface area is 788 Å². The highest BCUT2D eigenvalue weighted by atomic mass is 127. The summed E-state index contributed by atoms with van der Waals surface area (Å²) in [7, 11) is 0. The zero-order chi connectivity index (χ0) is 94.6. The minimum absolute atomic E-state index is 0. The van der Waals surface area contributed by atoms with E-state index < -0.39 is 81.5 Å². The van der Waals surface area contributed by atoms with Crippen molar-refractivity contribution in [3.63, 3.8) is 0 Å². The molecule has 27 heteroatoms. The number of Topliss-reactive ketones (excluding diaryl/α,β-unsaturated/α-hetero) is 7. The van der Waals surface area contributed by atoms with E-state index >= 15 is 0 Å². The maximum Gasteiger partial charge on any atom is 0.391 e. The van der Waals surface area contributed by atoms with Gasteiger partial charge in [-0.25, -0.2) is 28.8 Å². The van der Waals surface area contributed by atoms with E-state index in [4.69, 9.17) is 42.5 Å². The number of fused-ring (bicyclic) bond motifs is 12. The Morgan fingerprint density at radius 2 is 0.580 bits per heavy atom. The van der Waals surface area contributed by atoms with Crippen molar-refractivity contribution in [3.8, 4) is 0 Å². The molecule has 0 aliphatic heterocycles. The fourth-order valence-electron chi connectivity index (χ4n) is 14.9. The number of ether oxygens (including phenoxy) is 4. The summed E-state index contributed by atoms with van der Waals surface area (Å²) in [6, 6.07) is 46.6. The largest absolute Gasteiger partial charge is 0.475 e. The first-order valence-corrected chi connectivity index (χ1v) is 45.0. The number of alkyl halides is 1. The second kappa shape index (κ2) is 57.3. The SMILES string of the molecule is C.C.C.C.CCCCC(CC)CO.CCCCC(CC)COC(=O)C(=O)c1ccc2c(c1)c1cc(C(=O)C(=O)OCC(CC)CCCC)ccc1n2CC.CCOC(=O)C(=O)Cl.CCOC(=O)C(=O)c1ccc2c(c1)c1cc(C(=O)C(C)=O)ccc1n2CC.CCn1c2ccc(C(=O)C(=O)O)cc2c2cc(C(=O)C(=O)O)ccc21.CCn1c2ccccc2c2ccccc21.[2H]CI. The number of esters is 4. The number of benzene rings is 8. The number of hydrogen-bond acceptors (Lipinski definition) is 19. The number of aliphatic hydroxyl groups excluding tert-OH is 1. The standard InChI is InChI=1S/C34H45NO6.C21H19NO5.C18H13NO6.C14H13N.C8H18O.C4H5ClO3.CH3I.4CH4/c1-6-11-13-23(8-3)21-40-33(38)31(36)25-15-17-29-27(19-25)28-20-26(16-18-30(28)35(29)10-5)32(37)34(39)41-22-24(9-4)14-12-7-2;1-4-22-17-8-6-13(19(24)12(3)23)10-15(17)16-11-14(7-9-18(16)22)20(25)21(26)27-5-2;1-2-19-13-5-3-9(15(20)17(22)23)7-11(13)12-8-10(4-6-14(12)19)16(21)18(24)25;1-2-15-13-9-5-3-7-11(13)12-8-4-6-10-14(12)15;1-3-5-6-8(4-2)7-9;1-2-8-4(7)3(5)6;1-2;;;;/h15-20,23-24H,6-14,21-22H2,1-5H3;6-11H,4-5H2,1-3H3;3-8H,2H2,1H3,(H,22,23)(H,24,25);3-10H,2H2,1H3;8-9H,3-7H2,1-2H3;2H2,1H3;1H3;4*1H4/i;;;;;;1D;;;;. The van der Waals surface area contributed by atoms with Crippen molar-refractivity contribution in [2.24, 2.45) is 17.8 Å². The number of carboxylic acid groups (broad SMARTS) is 2. The number of nitrogens with zero attached hydrogens (tertiary/aromatic N) is 4. The van der Waals surface area contributed by atoms with E-state index in [-0.39, 0.29) is 95.8 Å². The number of carboxylic acids is 2. The lowest BCUT2D eigenvalue weighted by molar-refractivity contribution is -0.150. The normalized spacial score (nSPS) is 11.2. The molecular formula is C104H132ClIN4O21. The van der Waals surface area contributed by atoms with Gasteiger partial charge < -0.3 is 52.5 Å². The zero-order valence-corrected chi connectivity index (χ0v) is 77.4. The van der Waals surface area contributed by atoms with Crippen LogP contribution in [-0.2, 0) is 83.5 Å². The first kappa shape index (κ1) is 113. The van der Waals surface area contributed by atoms with Crippen LogP contribution >= 0.6 is 34.2 Å². The van der Waals surface area contributed by atoms with Crippen molar-refractivity contribution in [1.29, 1.82) is 0 Å². The van der Waals surface area contributed by atoms with Gasteiger partial charge >= 0.3 is 41.1 Å². The molecule has 0 amide bonds. The van der Waals surface area contributed by atoms with E-state index in [1.165, 1.54) is 72.3 Å². The van der Waals surface area contributed by atoms with Gasteiger partial charge in [0.2, 0.25) is 5.78 Å². The van der Waals surface area contributed by atoms with Gasteiger partial charge in [-0.1, -0.05) is 188 Å². The maximum absolute atomic E-state index is 13.0. The number of aryl methyl sites for hydroxylation is 4. The lowest BCUT2D eigenvalue weighted by Gasteiger charge is -2.14. The monoisotopic (exact) mass is 1940 g/mol. The Morgan fingerprint density at radius 1 is 0.344 bits per heavy atom. The predicted octanol–water partition coefficient (Wildman–Crippen LogP) is 23.3. The molecule has 25 nitrogen and oxygen atoms in total. The number of para-hydroxylation sites is 2. The molecule has 3 unspecified atom stereocenters. The van der Waals surface area contributed by atoms with Gasteiger partial charge in [0, 0.05) is 162 Å². The number of halogens is 2. The van der Waals surface area contributed by atoms with Crippen LogP contribution in [0.25, 0.3) is 87.2 Å². The van der Waals surface area contributed by atoms with Crippen LogP contribution in [0.5, 0.6) is 0 Å². The predicted molar refractivity (Wildman–Crippen MR) is 532 cm³/mol. The highest BCUT2D eigenvalue weighted by Gasteiger charge is 2.27. The first-order valence-electron chi connectivity index (χ1n) is 43.8. The van der Waals surface area contributed by atoms with Gasteiger partial charge in [0.15, 0.2) is 5.78 Å². The number of aliphatic carboxylic acids is 2. The van der Waals surface area contributed by atoms with Crippen molar-refractivity contribution < 1.29 is 103 Å². The van der Waals surface area contributed by atoms with Crippen molar-refractivity contribution in [2.45, 2.75) is 223 Å². The van der Waals surface area contributed by atoms with Crippen LogP contribution in [0, 0.1) is 17.8 Å². The van der Waals surface area contributed by atoms with Crippen LogP contribution in [0.3, 0.4) is 0 Å². The molecule has 0 saturated carbocycles. The average Bonchev–Trinajstić information content (AvgIpc) is 1.61. The Hall–Kier alpha value is -11.9. The second-order valence-electron chi connectivity index (χ2n) is 29.9. The molecule has 4 heterocycles. The lowest BCUT2D eigenvalue weighted by atomic mass is 10.0. The maximum atomic E-state index is 13.0. The smallest absolute Gasteiger partial charge is 0.391 e. The molecule has 12 aromatic rings. The van der Waals surface area contributed by atoms with Gasteiger partial charge in [0.1, 0.15) is 0 Å². The third-order valence-corrected chi connectivity index (χ3v) is 22.0. The molecule has 3 atom stereocenters. The van der Waals surface area contributed by atoms with E-state index in [9.17, 15) is 67.1 Å². The highest BCUT2D eigenvalue weighted by Crippen LogP contribution is 2.36. The second-order valence-corrected chi connectivity index (χ2v) is 30.2. The Balaban J connectivity index is 0.000000569. The van der Waals surface area contributed by atoms with Gasteiger partial charge in [0.25, 0.3) is 28.9 Å². The molecular weight excluding hydrogens is 1800 g/mol. The Bertz CT molecular complexity index is 5750. The zero-order valence-electron chi connectivity index (χ0n) is 75.5. The van der Waals surface area contributed by atoms with Crippen molar-refractivity contribution >= 4 is 203 Å². The summed E-state index contributed by atoms with van der Waals surface area (Å²) in [4.78, 5) is 164. The van der Waals surface area contributed by atoms with Crippen LogP contribution < -0.4 is 0 Å². The topological polar surface area (TPSA) is 356 Å². The Morgan fingerprint density at radius 3 is 0.802 bits per heavy atom. The Kier molecular flexibility index (Phi) is 49.6. The molecule has 0 bridgehead atoms.